The van der Waals surface area contributed by atoms with Gasteiger partial charge in [-0.1, -0.05) is 23.5 Å². The molecule has 4 rings (SSSR count). The summed E-state index contributed by atoms with van der Waals surface area (Å²) in [7, 11) is 0. The van der Waals surface area contributed by atoms with Crippen LogP contribution in [-0.4, -0.2) is 63.7 Å². The van der Waals surface area contributed by atoms with Gasteiger partial charge in [-0.15, -0.1) is 0 Å². The van der Waals surface area contributed by atoms with Gasteiger partial charge >= 0.3 is 11.8 Å². The van der Waals surface area contributed by atoms with E-state index in [1.54, 1.807) is 16.7 Å². The Labute approximate surface area is 175 Å². The predicted octanol–water partition coefficient (Wildman–Crippen LogP) is 3.02. The second-order valence-electron chi connectivity index (χ2n) is 6.44. The van der Waals surface area contributed by atoms with Crippen molar-refractivity contribution in [1.29, 1.82) is 0 Å². The van der Waals surface area contributed by atoms with Crippen molar-refractivity contribution in [2.45, 2.75) is 6.92 Å². The molecule has 1 aliphatic rings. The lowest BCUT2D eigenvalue weighted by molar-refractivity contribution is -0.383. The zero-order valence-corrected chi connectivity index (χ0v) is 17.0. The van der Waals surface area contributed by atoms with E-state index in [4.69, 9.17) is 4.74 Å². The van der Waals surface area contributed by atoms with E-state index in [9.17, 15) is 14.9 Å². The first-order valence-corrected chi connectivity index (χ1v) is 10.2. The highest BCUT2D eigenvalue weighted by Gasteiger charge is 2.31. The van der Waals surface area contributed by atoms with Crippen molar-refractivity contribution in [3.8, 4) is 0 Å². The van der Waals surface area contributed by atoms with Crippen LogP contribution in [0.1, 0.15) is 6.92 Å². The van der Waals surface area contributed by atoms with E-state index < -0.39 is 4.92 Å². The number of nitrogens with one attached hydrogen (secondary N) is 1. The number of aromatic nitrogens is 3. The molecule has 0 spiro atoms. The maximum atomic E-state index is 11.9. The van der Waals surface area contributed by atoms with Crippen molar-refractivity contribution in [3.05, 3.63) is 40.7 Å². The summed E-state index contributed by atoms with van der Waals surface area (Å²) in [4.78, 5) is 39.3. The van der Waals surface area contributed by atoms with Gasteiger partial charge in [-0.2, -0.15) is 0 Å². The van der Waals surface area contributed by atoms with E-state index in [0.29, 0.717) is 37.9 Å². The summed E-state index contributed by atoms with van der Waals surface area (Å²) in [6.45, 7) is 3.63. The van der Waals surface area contributed by atoms with Gasteiger partial charge in [0.15, 0.2) is 5.13 Å². The maximum absolute atomic E-state index is 11.9. The number of thiazole rings is 1. The third-order valence-corrected chi connectivity index (χ3v) is 5.56. The highest BCUT2D eigenvalue weighted by Crippen LogP contribution is 2.35. The van der Waals surface area contributed by atoms with Crippen LogP contribution < -0.4 is 10.2 Å². The van der Waals surface area contributed by atoms with Gasteiger partial charge in [-0.3, -0.25) is 10.1 Å². The molecule has 12 heteroatoms. The molecule has 11 nitrogen and oxygen atoms in total. The number of rotatable bonds is 5. The molecule has 0 radical (unpaired) electrons. The van der Waals surface area contributed by atoms with Gasteiger partial charge in [-0.05, 0) is 19.1 Å². The first-order valence-electron chi connectivity index (χ1n) is 9.35. The number of para-hydroxylation sites is 1. The minimum atomic E-state index is -0.497. The van der Waals surface area contributed by atoms with Crippen molar-refractivity contribution in [2.75, 3.05) is 43.0 Å². The average molecular weight is 429 g/mol. The van der Waals surface area contributed by atoms with Crippen molar-refractivity contribution >= 4 is 50.1 Å². The van der Waals surface area contributed by atoms with E-state index in [2.05, 4.69) is 20.3 Å². The molecule has 1 fully saturated rings. The van der Waals surface area contributed by atoms with Crippen molar-refractivity contribution in [1.82, 2.24) is 19.9 Å². The highest BCUT2D eigenvalue weighted by atomic mass is 32.1. The molecular weight excluding hydrogens is 410 g/mol. The fraction of sp³-hybridized carbons (Fsp3) is 0.333. The number of carbonyl (C=O) groups is 1. The van der Waals surface area contributed by atoms with Crippen LogP contribution in [0.3, 0.4) is 0 Å². The van der Waals surface area contributed by atoms with Gasteiger partial charge in [0.05, 0.1) is 21.7 Å². The second-order valence-corrected chi connectivity index (χ2v) is 7.47. The molecule has 0 bridgehead atoms. The minimum absolute atomic E-state index is 0.0804. The fourth-order valence-corrected chi connectivity index (χ4v) is 4.07. The monoisotopic (exact) mass is 429 g/mol. The summed E-state index contributed by atoms with van der Waals surface area (Å²) in [5, 5.41) is 15.3. The molecule has 1 saturated heterocycles. The number of benzene rings is 1. The molecule has 1 amide bonds. The van der Waals surface area contributed by atoms with Crippen LogP contribution >= 0.6 is 11.3 Å². The molecule has 1 aromatic carbocycles. The third-order valence-electron chi connectivity index (χ3n) is 4.61. The molecule has 2 aromatic heterocycles. The summed E-state index contributed by atoms with van der Waals surface area (Å²) in [6, 6.07) is 7.60. The third kappa shape index (κ3) is 3.94. The average Bonchev–Trinajstić information content (AvgIpc) is 3.16. The summed E-state index contributed by atoms with van der Waals surface area (Å²) in [6.07, 6.45) is 0.905. The lowest BCUT2D eigenvalue weighted by Gasteiger charge is -2.34. The predicted molar refractivity (Wildman–Crippen MR) is 112 cm³/mol. The van der Waals surface area contributed by atoms with Crippen LogP contribution in [0.25, 0.3) is 10.2 Å². The second kappa shape index (κ2) is 8.45. The summed E-state index contributed by atoms with van der Waals surface area (Å²) >= 11 is 1.39. The molecule has 156 valence electrons. The Morgan fingerprint density at radius 1 is 1.27 bits per heavy atom. The molecule has 3 heterocycles. The maximum Gasteiger partial charge on any atom is 0.409 e. The quantitative estimate of drug-likeness (QED) is 0.481. The van der Waals surface area contributed by atoms with Crippen LogP contribution in [0, 0.1) is 10.1 Å². The van der Waals surface area contributed by atoms with E-state index >= 15 is 0 Å². The van der Waals surface area contributed by atoms with Crippen molar-refractivity contribution in [3.63, 3.8) is 0 Å². The smallest absolute Gasteiger partial charge is 0.409 e. The van der Waals surface area contributed by atoms with Gasteiger partial charge in [0.25, 0.3) is 0 Å². The van der Waals surface area contributed by atoms with Crippen molar-refractivity contribution in [2.24, 2.45) is 0 Å². The SMILES string of the molecule is CCOC(=O)N1CCN(c2ncnc(Nc3nc4ccccc4s3)c2[N+](=O)[O-])CC1. The number of ether oxygens (including phenoxy) is 1. The molecular formula is C18H19N7O4S. The van der Waals surface area contributed by atoms with Gasteiger partial charge in [0, 0.05) is 26.2 Å². The Kier molecular flexibility index (Phi) is 5.57. The van der Waals surface area contributed by atoms with Crippen molar-refractivity contribution < 1.29 is 14.5 Å². The molecule has 1 aliphatic heterocycles. The normalized spacial score (nSPS) is 14.0. The number of hydrogen-bond acceptors (Lipinski definition) is 10. The van der Waals surface area contributed by atoms with Crippen LogP contribution in [0.15, 0.2) is 30.6 Å². The zero-order valence-electron chi connectivity index (χ0n) is 16.1. The molecule has 3 aromatic rings. The summed E-state index contributed by atoms with van der Waals surface area (Å²) in [5.41, 5.74) is 0.582. The lowest BCUT2D eigenvalue weighted by Crippen LogP contribution is -2.49. The number of carbonyl (C=O) groups excluding carboxylic acids is 1. The minimum Gasteiger partial charge on any atom is -0.450 e. The lowest BCUT2D eigenvalue weighted by atomic mass is 10.3. The first kappa shape index (κ1) is 19.8. The van der Waals surface area contributed by atoms with Crippen LogP contribution in [0.5, 0.6) is 0 Å². The Morgan fingerprint density at radius 2 is 2.03 bits per heavy atom. The van der Waals surface area contributed by atoms with Gasteiger partial charge < -0.3 is 19.9 Å². The fourth-order valence-electron chi connectivity index (χ4n) is 3.20. The number of piperazine rings is 1. The Balaban J connectivity index is 1.57. The highest BCUT2D eigenvalue weighted by molar-refractivity contribution is 7.22. The molecule has 0 aliphatic carbocycles. The first-order chi connectivity index (χ1) is 14.6. The van der Waals surface area contributed by atoms with Crippen LogP contribution in [0.4, 0.5) is 27.2 Å². The van der Waals surface area contributed by atoms with E-state index in [1.807, 2.05) is 24.3 Å². The van der Waals surface area contributed by atoms with E-state index in [-0.39, 0.29) is 23.4 Å². The van der Waals surface area contributed by atoms with Crippen LogP contribution in [0.2, 0.25) is 0 Å². The summed E-state index contributed by atoms with van der Waals surface area (Å²) in [5.74, 6) is 0.291. The van der Waals surface area contributed by atoms with Gasteiger partial charge in [0.2, 0.25) is 11.6 Å². The number of anilines is 3. The van der Waals surface area contributed by atoms with E-state index in [1.165, 1.54) is 17.7 Å². The number of hydrogen-bond donors (Lipinski definition) is 1. The summed E-state index contributed by atoms with van der Waals surface area (Å²) < 4.78 is 5.98. The number of amides is 1. The molecule has 0 saturated carbocycles. The zero-order chi connectivity index (χ0) is 21.1. The Morgan fingerprint density at radius 3 is 2.73 bits per heavy atom. The number of nitro groups is 1. The molecule has 1 N–H and O–H groups in total. The standard InChI is InChI=1S/C18H19N7O4S/c1-2-29-18(26)24-9-7-23(8-10-24)16-14(25(27)28)15(19-11-20-16)22-17-21-12-5-3-4-6-13(12)30-17/h3-6,11H,2,7-10H2,1H3,(H,19,20,21,22). The Hall–Kier alpha value is -3.54. The Bertz CT molecular complexity index is 1050. The van der Waals surface area contributed by atoms with E-state index in [0.717, 1.165) is 10.2 Å². The van der Waals surface area contributed by atoms with Gasteiger partial charge in [-0.25, -0.2) is 19.7 Å². The molecule has 30 heavy (non-hydrogen) atoms. The number of nitrogens with zero attached hydrogens (tertiary/aromatic N) is 6. The topological polar surface area (TPSA) is 127 Å². The van der Waals surface area contributed by atoms with Crippen LogP contribution in [-0.2, 0) is 4.74 Å². The largest absolute Gasteiger partial charge is 0.450 e. The van der Waals surface area contributed by atoms with Gasteiger partial charge in [0.1, 0.15) is 6.33 Å². The molecule has 0 unspecified atom stereocenters. The number of fused-ring (bicyclic) bond motifs is 1. The molecule has 0 atom stereocenters.